The van der Waals surface area contributed by atoms with Gasteiger partial charge in [-0.1, -0.05) is 32.6 Å². The minimum Gasteiger partial charge on any atom is -0.406 e. The smallest absolute Gasteiger partial charge is 0.406 e. The molecule has 0 fully saturated rings. The van der Waals surface area contributed by atoms with Crippen LogP contribution in [0.15, 0.2) is 58.8 Å². The first-order valence-corrected chi connectivity index (χ1v) is 8.27. The van der Waals surface area contributed by atoms with E-state index in [0.29, 0.717) is 6.42 Å². The lowest BCUT2D eigenvalue weighted by atomic mass is 10.3. The molecular formula is C17H22F3N5O4. The number of ether oxygens (including phenoxy) is 1. The molecule has 0 aliphatic carbocycles. The summed E-state index contributed by atoms with van der Waals surface area (Å²) in [7, 11) is 0. The maximum absolute atomic E-state index is 12.1. The normalized spacial score (nSPS) is 12.3. The number of halogens is 3. The molecule has 0 aliphatic heterocycles. The Balaban J connectivity index is 4.81. The summed E-state index contributed by atoms with van der Waals surface area (Å²) in [4.78, 5) is 37.7. The highest BCUT2D eigenvalue weighted by Gasteiger charge is 2.30. The highest BCUT2D eigenvalue weighted by Crippen LogP contribution is 2.20. The lowest BCUT2D eigenvalue weighted by molar-refractivity contribution is -0.303. The van der Waals surface area contributed by atoms with Crippen molar-refractivity contribution in [3.05, 3.63) is 53.6 Å². The lowest BCUT2D eigenvalue weighted by Crippen LogP contribution is -2.41. The van der Waals surface area contributed by atoms with E-state index in [1.54, 1.807) is 0 Å². The Morgan fingerprint density at radius 3 is 2.31 bits per heavy atom. The van der Waals surface area contributed by atoms with Crippen LogP contribution in [0.25, 0.3) is 0 Å². The summed E-state index contributed by atoms with van der Waals surface area (Å²) in [5.41, 5.74) is 0.115. The third kappa shape index (κ3) is 12.5. The number of carbonyl (C=O) groups is 2. The van der Waals surface area contributed by atoms with Gasteiger partial charge in [0.25, 0.3) is 0 Å². The number of carbonyl (C=O) groups excluding carboxylic acids is 2. The average molecular weight is 417 g/mol. The number of nitroso groups, excluding NO2 is 1. The highest BCUT2D eigenvalue weighted by atomic mass is 19.4. The Morgan fingerprint density at radius 2 is 1.79 bits per heavy atom. The fourth-order valence-electron chi connectivity index (χ4n) is 1.60. The second-order valence-electron chi connectivity index (χ2n) is 5.25. The first-order valence-electron chi connectivity index (χ1n) is 8.27. The molecule has 0 unspecified atom stereocenters. The van der Waals surface area contributed by atoms with Gasteiger partial charge >= 0.3 is 18.3 Å². The predicted molar refractivity (Wildman–Crippen MR) is 101 cm³/mol. The molecule has 9 nitrogen and oxygen atoms in total. The molecule has 0 saturated carbocycles. The van der Waals surface area contributed by atoms with Crippen LogP contribution in [0, 0.1) is 4.91 Å². The van der Waals surface area contributed by atoms with Gasteiger partial charge in [0.1, 0.15) is 11.6 Å². The minimum absolute atomic E-state index is 0.115. The highest BCUT2D eigenvalue weighted by molar-refractivity contribution is 6.38. The summed E-state index contributed by atoms with van der Waals surface area (Å²) >= 11 is 0. The molecule has 3 amide bonds. The van der Waals surface area contributed by atoms with Gasteiger partial charge in [0, 0.05) is 17.4 Å². The number of alkyl halides is 3. The number of rotatable bonds is 9. The van der Waals surface area contributed by atoms with Crippen LogP contribution in [0.2, 0.25) is 0 Å². The number of unbranched alkanes of at least 4 members (excludes halogenated alkanes) is 1. The number of hydrogen-bond acceptors (Lipinski definition) is 5. The summed E-state index contributed by atoms with van der Waals surface area (Å²) in [6.45, 7) is 10.2. The van der Waals surface area contributed by atoms with Gasteiger partial charge in [-0.25, -0.2) is 4.79 Å². The van der Waals surface area contributed by atoms with Gasteiger partial charge in [-0.3, -0.25) is 15.1 Å². The van der Waals surface area contributed by atoms with Crippen LogP contribution >= 0.6 is 0 Å². The molecule has 3 N–H and O–H groups in total. The minimum atomic E-state index is -4.88. The molecule has 160 valence electrons. The van der Waals surface area contributed by atoms with Crippen molar-refractivity contribution in [3.8, 4) is 0 Å². The van der Waals surface area contributed by atoms with Crippen LogP contribution < -0.4 is 16.0 Å². The van der Waals surface area contributed by atoms with E-state index < -0.39 is 24.1 Å². The third-order valence-electron chi connectivity index (χ3n) is 2.87. The molecule has 0 aromatic heterocycles. The molecule has 12 heteroatoms. The predicted octanol–water partition coefficient (Wildman–Crippen LogP) is 3.35. The zero-order valence-corrected chi connectivity index (χ0v) is 15.9. The van der Waals surface area contributed by atoms with Gasteiger partial charge in [0.2, 0.25) is 0 Å². The number of urea groups is 1. The number of allylic oxidation sites excluding steroid dienone is 3. The summed E-state index contributed by atoms with van der Waals surface area (Å²) in [5.74, 6) is -2.41. The van der Waals surface area contributed by atoms with Crippen LogP contribution in [0.4, 0.5) is 18.0 Å². The summed E-state index contributed by atoms with van der Waals surface area (Å²) in [5, 5.41) is 9.18. The Hall–Kier alpha value is -3.44. The SMILES string of the molecule is C=C(NC(=O)NC(/C=C\C(=C)OC(F)(F)F)=C/C)NC(=NCCCC)C(=O)N=O. The molecular weight excluding hydrogens is 395 g/mol. The monoisotopic (exact) mass is 417 g/mol. The van der Waals surface area contributed by atoms with E-state index in [-0.39, 0.29) is 23.9 Å². The summed E-state index contributed by atoms with van der Waals surface area (Å²) < 4.78 is 39.8. The number of amidine groups is 1. The molecule has 0 heterocycles. The van der Waals surface area contributed by atoms with Gasteiger partial charge in [0.05, 0.1) is 0 Å². The summed E-state index contributed by atoms with van der Waals surface area (Å²) in [6.07, 6.45) is 0.0180. The van der Waals surface area contributed by atoms with E-state index in [2.05, 4.69) is 44.0 Å². The second kappa shape index (κ2) is 12.9. The Morgan fingerprint density at radius 1 is 1.14 bits per heavy atom. The van der Waals surface area contributed by atoms with Gasteiger partial charge in [-0.05, 0) is 25.5 Å². The largest absolute Gasteiger partial charge is 0.573 e. The maximum atomic E-state index is 12.1. The van der Waals surface area contributed by atoms with Crippen molar-refractivity contribution >= 4 is 17.8 Å². The quantitative estimate of drug-likeness (QED) is 0.133. The zero-order valence-electron chi connectivity index (χ0n) is 15.9. The Kier molecular flexibility index (Phi) is 11.3. The maximum Gasteiger partial charge on any atom is 0.573 e. The van der Waals surface area contributed by atoms with Crippen molar-refractivity contribution in [2.24, 2.45) is 10.2 Å². The van der Waals surface area contributed by atoms with Crippen molar-refractivity contribution < 1.29 is 27.5 Å². The number of aliphatic imine (C=N–C) groups is 1. The molecule has 0 aromatic carbocycles. The zero-order chi connectivity index (χ0) is 22.4. The van der Waals surface area contributed by atoms with Crippen LogP contribution in [-0.2, 0) is 9.53 Å². The Labute approximate surface area is 165 Å². The average Bonchev–Trinajstić information content (AvgIpc) is 2.62. The van der Waals surface area contributed by atoms with Crippen molar-refractivity contribution in [2.75, 3.05) is 6.54 Å². The fourth-order valence-corrected chi connectivity index (χ4v) is 1.60. The van der Waals surface area contributed by atoms with Crippen molar-refractivity contribution in [1.29, 1.82) is 0 Å². The van der Waals surface area contributed by atoms with Gasteiger partial charge in [0.15, 0.2) is 5.84 Å². The number of nitrogens with one attached hydrogen (secondary N) is 3. The number of nitrogens with zero attached hydrogens (tertiary/aromatic N) is 2. The molecule has 0 aliphatic rings. The van der Waals surface area contributed by atoms with E-state index in [4.69, 9.17) is 0 Å². The van der Waals surface area contributed by atoms with E-state index in [0.717, 1.165) is 18.6 Å². The van der Waals surface area contributed by atoms with Crippen molar-refractivity contribution in [3.63, 3.8) is 0 Å². The lowest BCUT2D eigenvalue weighted by Gasteiger charge is -2.12. The van der Waals surface area contributed by atoms with Gasteiger partial charge < -0.3 is 15.4 Å². The molecule has 0 saturated heterocycles. The molecule has 0 spiro atoms. The van der Waals surface area contributed by atoms with E-state index >= 15 is 0 Å². The third-order valence-corrected chi connectivity index (χ3v) is 2.87. The number of hydrogen-bond donors (Lipinski definition) is 3. The first-order chi connectivity index (χ1) is 13.5. The van der Waals surface area contributed by atoms with Gasteiger partial charge in [-0.15, -0.1) is 18.1 Å². The van der Waals surface area contributed by atoms with E-state index in [1.165, 1.54) is 13.0 Å². The number of amides is 3. The van der Waals surface area contributed by atoms with Crippen LogP contribution in [0.5, 0.6) is 0 Å². The standard InChI is InChI=1S/C17H22F3N5O4/c1-5-7-10-21-14(15(26)25-28)22-12(4)23-16(27)24-13(6-2)9-8-11(3)29-17(18,19)20/h6,8-9H,3-5,7,10H2,1-2H3,(H,21,22)(H2,23,24,27)/b9-8-,13-6+. The molecule has 0 atom stereocenters. The fraction of sp³-hybridized carbons (Fsp3) is 0.353. The topological polar surface area (TPSA) is 121 Å². The van der Waals surface area contributed by atoms with Gasteiger partial charge in [-0.2, -0.15) is 0 Å². The molecule has 0 bridgehead atoms. The van der Waals surface area contributed by atoms with Crippen molar-refractivity contribution in [2.45, 2.75) is 33.1 Å². The second-order valence-corrected chi connectivity index (χ2v) is 5.25. The molecule has 29 heavy (non-hydrogen) atoms. The molecule has 0 aromatic rings. The van der Waals surface area contributed by atoms with E-state index in [9.17, 15) is 27.7 Å². The molecule has 0 rings (SSSR count). The van der Waals surface area contributed by atoms with E-state index in [1.807, 2.05) is 6.92 Å². The van der Waals surface area contributed by atoms with Crippen molar-refractivity contribution in [1.82, 2.24) is 16.0 Å². The van der Waals surface area contributed by atoms with Crippen LogP contribution in [0.1, 0.15) is 26.7 Å². The summed E-state index contributed by atoms with van der Waals surface area (Å²) in [6, 6.07) is -0.831. The van der Waals surface area contributed by atoms with Crippen LogP contribution in [0.3, 0.4) is 0 Å². The Bertz CT molecular complexity index is 727. The first kappa shape index (κ1) is 25.6. The molecule has 0 radical (unpaired) electrons. The van der Waals surface area contributed by atoms with Crippen LogP contribution in [-0.4, -0.2) is 30.7 Å².